The molecule has 0 aliphatic carbocycles. The molecule has 0 aliphatic rings. The Hall–Kier alpha value is -1.36. The largest absolute Gasteiger partial charge is 0.481 e. The molecule has 2 N–H and O–H groups in total. The predicted molar refractivity (Wildman–Crippen MR) is 56.2 cm³/mol. The second kappa shape index (κ2) is 5.50. The molecule has 1 rings (SSSR count). The van der Waals surface area contributed by atoms with Crippen LogP contribution < -0.4 is 0 Å². The van der Waals surface area contributed by atoms with Gasteiger partial charge in [-0.1, -0.05) is 0 Å². The van der Waals surface area contributed by atoms with Gasteiger partial charge in [-0.25, -0.2) is 0 Å². The number of carboxylic acids is 2. The summed E-state index contributed by atoms with van der Waals surface area (Å²) in [6, 6.07) is 1.87. The van der Waals surface area contributed by atoms with Crippen molar-refractivity contribution in [1.29, 1.82) is 0 Å². The quantitative estimate of drug-likeness (QED) is 0.778. The van der Waals surface area contributed by atoms with Crippen LogP contribution in [0.15, 0.2) is 11.4 Å². The van der Waals surface area contributed by atoms with Crippen LogP contribution in [0.1, 0.15) is 23.3 Å². The molecular formula is C10H12O4S. The molecular weight excluding hydrogens is 216 g/mol. The molecule has 0 bridgehead atoms. The van der Waals surface area contributed by atoms with E-state index in [9.17, 15) is 9.59 Å². The average Bonchev–Trinajstić information content (AvgIpc) is 2.58. The maximum absolute atomic E-state index is 10.4. The molecule has 1 aromatic heterocycles. The van der Waals surface area contributed by atoms with Crippen molar-refractivity contribution >= 4 is 23.3 Å². The highest BCUT2D eigenvalue weighted by atomic mass is 32.1. The number of aliphatic carboxylic acids is 2. The molecule has 0 aromatic carbocycles. The van der Waals surface area contributed by atoms with E-state index in [2.05, 4.69) is 0 Å². The molecule has 0 fully saturated rings. The fourth-order valence-electron chi connectivity index (χ4n) is 1.27. The van der Waals surface area contributed by atoms with Crippen LogP contribution in [0.25, 0.3) is 0 Å². The summed E-state index contributed by atoms with van der Waals surface area (Å²) in [6.07, 6.45) is 1.16. The van der Waals surface area contributed by atoms with Crippen LogP contribution in [-0.2, 0) is 22.4 Å². The van der Waals surface area contributed by atoms with Crippen LogP contribution in [0.3, 0.4) is 0 Å². The van der Waals surface area contributed by atoms with Crippen molar-refractivity contribution in [3.05, 3.63) is 21.9 Å². The highest BCUT2D eigenvalue weighted by Crippen LogP contribution is 2.20. The van der Waals surface area contributed by atoms with E-state index >= 15 is 0 Å². The summed E-state index contributed by atoms with van der Waals surface area (Å²) in [5.74, 6) is -1.65. The van der Waals surface area contributed by atoms with Gasteiger partial charge in [0.15, 0.2) is 0 Å². The summed E-state index contributed by atoms with van der Waals surface area (Å²) < 4.78 is 0. The number of rotatable bonds is 6. The number of thiophene rings is 1. The first-order chi connectivity index (χ1) is 7.09. The summed E-state index contributed by atoms with van der Waals surface area (Å²) in [6.45, 7) is 0. The molecule has 0 saturated heterocycles. The van der Waals surface area contributed by atoms with Gasteiger partial charge in [0.25, 0.3) is 0 Å². The Balaban J connectivity index is 2.53. The highest BCUT2D eigenvalue weighted by molar-refractivity contribution is 7.10. The third-order valence-electron chi connectivity index (χ3n) is 2.01. The number of hydrogen-bond acceptors (Lipinski definition) is 3. The lowest BCUT2D eigenvalue weighted by Gasteiger charge is -2.00. The molecule has 1 heterocycles. The maximum Gasteiger partial charge on any atom is 0.303 e. The van der Waals surface area contributed by atoms with Gasteiger partial charge in [-0.05, 0) is 29.9 Å². The minimum Gasteiger partial charge on any atom is -0.481 e. The van der Waals surface area contributed by atoms with Crippen molar-refractivity contribution in [3.63, 3.8) is 0 Å². The van der Waals surface area contributed by atoms with Gasteiger partial charge in [-0.15, -0.1) is 11.3 Å². The van der Waals surface area contributed by atoms with E-state index in [1.54, 1.807) is 0 Å². The zero-order valence-electron chi connectivity index (χ0n) is 8.10. The van der Waals surface area contributed by atoms with Gasteiger partial charge >= 0.3 is 11.9 Å². The fourth-order valence-corrected chi connectivity index (χ4v) is 2.21. The lowest BCUT2D eigenvalue weighted by Crippen LogP contribution is -2.00. The predicted octanol–water partition coefficient (Wildman–Crippen LogP) is 1.78. The first kappa shape index (κ1) is 11.7. The first-order valence-electron chi connectivity index (χ1n) is 4.58. The van der Waals surface area contributed by atoms with Crippen LogP contribution >= 0.6 is 11.3 Å². The second-order valence-corrected chi connectivity index (χ2v) is 4.16. The fraction of sp³-hybridized carbons (Fsp3) is 0.400. The van der Waals surface area contributed by atoms with Gasteiger partial charge in [0.05, 0.1) is 6.42 Å². The summed E-state index contributed by atoms with van der Waals surface area (Å²) in [4.78, 5) is 21.7. The maximum atomic E-state index is 10.4. The van der Waals surface area contributed by atoms with Crippen LogP contribution in [-0.4, -0.2) is 22.2 Å². The highest BCUT2D eigenvalue weighted by Gasteiger charge is 2.08. The molecule has 1 aromatic rings. The molecule has 0 amide bonds. The van der Waals surface area contributed by atoms with E-state index in [1.807, 2.05) is 11.4 Å². The number of carbonyl (C=O) groups is 2. The summed E-state index contributed by atoms with van der Waals surface area (Å²) >= 11 is 1.49. The van der Waals surface area contributed by atoms with Crippen molar-refractivity contribution in [2.24, 2.45) is 0 Å². The number of hydrogen-bond donors (Lipinski definition) is 2. The van der Waals surface area contributed by atoms with Gasteiger partial charge in [-0.3, -0.25) is 9.59 Å². The van der Waals surface area contributed by atoms with E-state index in [1.165, 1.54) is 11.3 Å². The zero-order chi connectivity index (χ0) is 11.3. The number of aryl methyl sites for hydroxylation is 2. The Bertz CT molecular complexity index is 324. The lowest BCUT2D eigenvalue weighted by atomic mass is 10.1. The van der Waals surface area contributed by atoms with Gasteiger partial charge in [0, 0.05) is 11.3 Å². The Morgan fingerprint density at radius 1 is 1.13 bits per heavy atom. The van der Waals surface area contributed by atoms with Crippen molar-refractivity contribution < 1.29 is 19.8 Å². The van der Waals surface area contributed by atoms with E-state index in [4.69, 9.17) is 10.2 Å². The minimum absolute atomic E-state index is 0.0941. The summed E-state index contributed by atoms with van der Waals surface area (Å²) in [5, 5.41) is 18.9. The Morgan fingerprint density at radius 2 is 1.73 bits per heavy atom. The van der Waals surface area contributed by atoms with Crippen LogP contribution in [0.5, 0.6) is 0 Å². The normalized spacial score (nSPS) is 10.1. The molecule has 0 saturated carbocycles. The molecule has 0 aliphatic heterocycles. The van der Waals surface area contributed by atoms with Crippen LogP contribution in [0, 0.1) is 0 Å². The zero-order valence-corrected chi connectivity index (χ0v) is 8.92. The lowest BCUT2D eigenvalue weighted by molar-refractivity contribution is -0.138. The van der Waals surface area contributed by atoms with Gasteiger partial charge in [0.1, 0.15) is 0 Å². The van der Waals surface area contributed by atoms with Gasteiger partial charge < -0.3 is 10.2 Å². The molecule has 0 atom stereocenters. The van der Waals surface area contributed by atoms with E-state index in [0.29, 0.717) is 12.8 Å². The van der Waals surface area contributed by atoms with E-state index in [0.717, 1.165) is 10.4 Å². The molecule has 0 radical (unpaired) electrons. The van der Waals surface area contributed by atoms with Gasteiger partial charge in [0.2, 0.25) is 0 Å². The minimum atomic E-state index is -0.828. The van der Waals surface area contributed by atoms with Crippen molar-refractivity contribution in [1.82, 2.24) is 0 Å². The second-order valence-electron chi connectivity index (χ2n) is 3.16. The Morgan fingerprint density at radius 3 is 2.33 bits per heavy atom. The smallest absolute Gasteiger partial charge is 0.303 e. The molecule has 5 heteroatoms. The first-order valence-corrected chi connectivity index (χ1v) is 5.46. The Labute approximate surface area is 91.2 Å². The molecule has 0 spiro atoms. The van der Waals surface area contributed by atoms with E-state index in [-0.39, 0.29) is 12.8 Å². The number of carboxylic acid groups (broad SMARTS) is 2. The topological polar surface area (TPSA) is 74.6 Å². The van der Waals surface area contributed by atoms with Crippen molar-refractivity contribution in [2.45, 2.75) is 25.7 Å². The van der Waals surface area contributed by atoms with Crippen LogP contribution in [0.2, 0.25) is 0 Å². The summed E-state index contributed by atoms with van der Waals surface area (Å²) in [5.41, 5.74) is 0.962. The molecule has 15 heavy (non-hydrogen) atoms. The third kappa shape index (κ3) is 4.12. The third-order valence-corrected chi connectivity index (χ3v) is 3.03. The van der Waals surface area contributed by atoms with Crippen molar-refractivity contribution in [2.75, 3.05) is 0 Å². The van der Waals surface area contributed by atoms with Crippen molar-refractivity contribution in [3.8, 4) is 0 Å². The van der Waals surface area contributed by atoms with Crippen LogP contribution in [0.4, 0.5) is 0 Å². The summed E-state index contributed by atoms with van der Waals surface area (Å²) in [7, 11) is 0. The van der Waals surface area contributed by atoms with Gasteiger partial charge in [-0.2, -0.15) is 0 Å². The molecule has 82 valence electrons. The van der Waals surface area contributed by atoms with E-state index < -0.39 is 11.9 Å². The molecule has 4 nitrogen and oxygen atoms in total. The molecule has 0 unspecified atom stereocenters. The monoisotopic (exact) mass is 228 g/mol. The standard InChI is InChI=1S/C10H12O4S/c11-9(12)3-1-7-5-6-15-8(7)2-4-10(13)14/h5-6H,1-4H2,(H,11,12)(H,13,14). The SMILES string of the molecule is O=C(O)CCc1ccsc1CCC(=O)O. The Kier molecular flexibility index (Phi) is 4.30. The average molecular weight is 228 g/mol.